The van der Waals surface area contributed by atoms with Crippen molar-refractivity contribution in [3.8, 4) is 22.5 Å². The largest absolute Gasteiger partial charge is 0.246 e. The van der Waals surface area contributed by atoms with E-state index in [-0.39, 0.29) is 0 Å². The Morgan fingerprint density at radius 1 is 1.03 bits per heavy atom. The molecule has 2 aromatic heterocycles. The van der Waals surface area contributed by atoms with Crippen molar-refractivity contribution < 1.29 is 0 Å². The van der Waals surface area contributed by atoms with Crippen LogP contribution in [0.25, 0.3) is 22.5 Å². The number of aromatic nitrogens is 7. The molecule has 0 radical (unpaired) electrons. The maximum atomic E-state index is 4.82. The minimum atomic E-state index is 0.531. The number of tetrazole rings is 1. The van der Waals surface area contributed by atoms with Crippen LogP contribution in [0.15, 0.2) is 60.7 Å². The summed E-state index contributed by atoms with van der Waals surface area (Å²) in [6.07, 6.45) is 5.79. The summed E-state index contributed by atoms with van der Waals surface area (Å²) in [7, 11) is 0. The summed E-state index contributed by atoms with van der Waals surface area (Å²) in [4.78, 5) is 4.82. The van der Waals surface area contributed by atoms with Gasteiger partial charge in [0.25, 0.3) is 0 Å². The lowest BCUT2D eigenvalue weighted by Crippen LogP contribution is -2.05. The first-order valence-electron chi connectivity index (χ1n) is 10.6. The summed E-state index contributed by atoms with van der Waals surface area (Å²) in [5.41, 5.74) is 4.34. The lowest BCUT2D eigenvalue weighted by molar-refractivity contribution is 0.602. The van der Waals surface area contributed by atoms with Crippen molar-refractivity contribution in [3.63, 3.8) is 0 Å². The normalized spacial score (nSPS) is 11.6. The van der Waals surface area contributed by atoms with Crippen molar-refractivity contribution >= 4 is 0 Å². The van der Waals surface area contributed by atoms with Gasteiger partial charge in [-0.2, -0.15) is 10.3 Å². The van der Waals surface area contributed by atoms with Crippen molar-refractivity contribution in [2.45, 2.75) is 40.2 Å². The second kappa shape index (κ2) is 9.47. The smallest absolute Gasteiger partial charge is 0.205 e. The number of hydrogen-bond acceptors (Lipinski definition) is 5. The second-order valence-corrected chi connectivity index (χ2v) is 7.95. The van der Waals surface area contributed by atoms with Gasteiger partial charge in [-0.1, -0.05) is 74.5 Å². The van der Waals surface area contributed by atoms with Crippen LogP contribution in [0, 0.1) is 5.92 Å². The van der Waals surface area contributed by atoms with Gasteiger partial charge in [-0.15, -0.1) is 10.2 Å². The zero-order chi connectivity index (χ0) is 21.6. The number of allylic oxidation sites excluding steroid dienone is 2. The van der Waals surface area contributed by atoms with Crippen LogP contribution in [0.1, 0.15) is 38.0 Å². The van der Waals surface area contributed by atoms with Crippen LogP contribution in [-0.4, -0.2) is 35.4 Å². The molecule has 2 heterocycles. The summed E-state index contributed by atoms with van der Waals surface area (Å²) in [6.45, 7) is 7.15. The van der Waals surface area contributed by atoms with E-state index in [0.29, 0.717) is 11.7 Å². The van der Waals surface area contributed by atoms with Gasteiger partial charge in [-0.25, -0.2) is 9.67 Å². The van der Waals surface area contributed by atoms with Crippen LogP contribution in [0.2, 0.25) is 0 Å². The Balaban J connectivity index is 1.58. The topological polar surface area (TPSA) is 85.2 Å². The highest BCUT2D eigenvalue weighted by molar-refractivity contribution is 5.80. The van der Waals surface area contributed by atoms with Gasteiger partial charge in [0.15, 0.2) is 5.82 Å². The van der Waals surface area contributed by atoms with Crippen LogP contribution in [0.3, 0.4) is 0 Å². The highest BCUT2D eigenvalue weighted by Crippen LogP contribution is 2.30. The Kier molecular flexibility index (Phi) is 6.31. The molecule has 4 aromatic rings. The highest BCUT2D eigenvalue weighted by atomic mass is 15.5. The van der Waals surface area contributed by atoms with Crippen LogP contribution in [-0.2, 0) is 19.4 Å². The molecule has 0 bridgehead atoms. The molecule has 0 aliphatic rings. The molecular formula is C24H27N7. The number of nitrogens with zero attached hydrogens (tertiary/aromatic N) is 6. The van der Waals surface area contributed by atoms with Crippen LogP contribution in [0.4, 0.5) is 0 Å². The monoisotopic (exact) mass is 413 g/mol. The Morgan fingerprint density at radius 3 is 2.48 bits per heavy atom. The molecule has 7 heteroatoms. The van der Waals surface area contributed by atoms with Gasteiger partial charge in [0.2, 0.25) is 5.82 Å². The fourth-order valence-electron chi connectivity index (χ4n) is 3.55. The SMILES string of the molecule is CC=CCn1nc(CC(C)C)nc1Cc1ccc(-c2ccccc2-c2nn[nH]n2)cc1. The molecule has 0 atom stereocenters. The van der Waals surface area contributed by atoms with E-state index in [9.17, 15) is 0 Å². The molecule has 0 fully saturated rings. The molecule has 31 heavy (non-hydrogen) atoms. The highest BCUT2D eigenvalue weighted by Gasteiger charge is 2.13. The predicted octanol–water partition coefficient (Wildman–Crippen LogP) is 4.49. The van der Waals surface area contributed by atoms with Gasteiger partial charge in [0.1, 0.15) is 5.82 Å². The standard InChI is InChI=1S/C24H27N7/c1-4-5-14-31-23(25-22(28-31)15-17(2)3)16-18-10-12-19(13-11-18)20-8-6-7-9-21(20)24-26-29-30-27-24/h4-13,17H,14-16H2,1-3H3,(H,26,27,29,30). The van der Waals surface area contributed by atoms with E-state index in [4.69, 9.17) is 10.1 Å². The number of benzene rings is 2. The van der Waals surface area contributed by atoms with Crippen LogP contribution in [0.5, 0.6) is 0 Å². The molecule has 0 spiro atoms. The average Bonchev–Trinajstić information content (AvgIpc) is 3.43. The lowest BCUT2D eigenvalue weighted by Gasteiger charge is -2.08. The number of nitrogens with one attached hydrogen (secondary N) is 1. The van der Waals surface area contributed by atoms with Crippen molar-refractivity contribution in [2.75, 3.05) is 0 Å². The minimum absolute atomic E-state index is 0.531. The average molecular weight is 414 g/mol. The maximum absolute atomic E-state index is 4.82. The minimum Gasteiger partial charge on any atom is -0.246 e. The fraction of sp³-hybridized carbons (Fsp3) is 0.292. The van der Waals surface area contributed by atoms with Gasteiger partial charge < -0.3 is 0 Å². The molecule has 7 nitrogen and oxygen atoms in total. The Bertz CT molecular complexity index is 1140. The van der Waals surface area contributed by atoms with Crippen molar-refractivity contribution in [2.24, 2.45) is 5.92 Å². The van der Waals surface area contributed by atoms with Crippen LogP contribution < -0.4 is 0 Å². The zero-order valence-corrected chi connectivity index (χ0v) is 18.2. The molecule has 1 N–H and O–H groups in total. The molecule has 0 aliphatic carbocycles. The van der Waals surface area contributed by atoms with Gasteiger partial charge in [0, 0.05) is 18.4 Å². The van der Waals surface area contributed by atoms with Gasteiger partial charge >= 0.3 is 0 Å². The molecule has 0 amide bonds. The molecule has 0 aliphatic heterocycles. The van der Waals surface area contributed by atoms with E-state index in [1.165, 1.54) is 5.56 Å². The van der Waals surface area contributed by atoms with Crippen molar-refractivity contribution in [1.82, 2.24) is 35.4 Å². The molecular weight excluding hydrogens is 386 g/mol. The van der Waals surface area contributed by atoms with E-state index in [2.05, 4.69) is 70.9 Å². The molecule has 0 unspecified atom stereocenters. The second-order valence-electron chi connectivity index (χ2n) is 7.95. The van der Waals surface area contributed by atoms with E-state index < -0.39 is 0 Å². The Morgan fingerprint density at radius 2 is 1.81 bits per heavy atom. The molecule has 158 valence electrons. The lowest BCUT2D eigenvalue weighted by atomic mass is 9.98. The quantitative estimate of drug-likeness (QED) is 0.430. The first kappa shape index (κ1) is 20.7. The number of aromatic amines is 1. The first-order valence-corrected chi connectivity index (χ1v) is 10.6. The molecule has 4 rings (SSSR count). The molecule has 0 saturated heterocycles. The fourth-order valence-corrected chi connectivity index (χ4v) is 3.55. The molecule has 0 saturated carbocycles. The third-order valence-electron chi connectivity index (χ3n) is 5.04. The zero-order valence-electron chi connectivity index (χ0n) is 18.2. The third kappa shape index (κ3) is 4.94. The van der Waals surface area contributed by atoms with Gasteiger partial charge in [0.05, 0.1) is 6.54 Å². The summed E-state index contributed by atoms with van der Waals surface area (Å²) in [5.74, 6) is 3.03. The van der Waals surface area contributed by atoms with E-state index in [1.54, 1.807) is 0 Å². The van der Waals surface area contributed by atoms with E-state index in [0.717, 1.165) is 47.7 Å². The summed E-state index contributed by atoms with van der Waals surface area (Å²) in [6, 6.07) is 16.7. The summed E-state index contributed by atoms with van der Waals surface area (Å²) < 4.78 is 2.01. The Labute approximate surface area is 182 Å². The third-order valence-corrected chi connectivity index (χ3v) is 5.04. The predicted molar refractivity (Wildman–Crippen MR) is 121 cm³/mol. The van der Waals surface area contributed by atoms with Crippen LogP contribution >= 0.6 is 0 Å². The van der Waals surface area contributed by atoms with Crippen molar-refractivity contribution in [3.05, 3.63) is 77.9 Å². The van der Waals surface area contributed by atoms with Gasteiger partial charge in [-0.3, -0.25) is 0 Å². The van der Waals surface area contributed by atoms with E-state index in [1.807, 2.05) is 35.9 Å². The van der Waals surface area contributed by atoms with E-state index >= 15 is 0 Å². The maximum Gasteiger partial charge on any atom is 0.205 e. The Hall–Kier alpha value is -3.61. The summed E-state index contributed by atoms with van der Waals surface area (Å²) >= 11 is 0. The number of hydrogen-bond donors (Lipinski definition) is 1. The molecule has 2 aromatic carbocycles. The van der Waals surface area contributed by atoms with Gasteiger partial charge in [-0.05, 0) is 34.7 Å². The number of rotatable bonds is 8. The van der Waals surface area contributed by atoms with Crippen molar-refractivity contribution in [1.29, 1.82) is 0 Å². The first-order chi connectivity index (χ1) is 15.1. The summed E-state index contributed by atoms with van der Waals surface area (Å²) in [5, 5.41) is 19.2. The number of H-pyrrole nitrogens is 1.